The van der Waals surface area contributed by atoms with Gasteiger partial charge in [0.05, 0.1) is 17.7 Å². The quantitative estimate of drug-likeness (QED) is 0.136. The van der Waals surface area contributed by atoms with Gasteiger partial charge in [-0.15, -0.1) is 13.2 Å². The highest BCUT2D eigenvalue weighted by atomic mass is 19.4. The van der Waals surface area contributed by atoms with E-state index in [1.807, 2.05) is 12.1 Å². The molecule has 41 heavy (non-hydrogen) atoms. The third-order valence-corrected chi connectivity index (χ3v) is 6.81. The number of rotatable bonds is 14. The van der Waals surface area contributed by atoms with Crippen LogP contribution in [0.25, 0.3) is 21.7 Å². The summed E-state index contributed by atoms with van der Waals surface area (Å²) in [5.74, 6) is -0.583. The third-order valence-electron chi connectivity index (χ3n) is 6.81. The number of nitrogens with zero attached hydrogens (tertiary/aromatic N) is 2. The van der Waals surface area contributed by atoms with Crippen molar-refractivity contribution < 1.29 is 37.3 Å². The van der Waals surface area contributed by atoms with Crippen LogP contribution in [0.1, 0.15) is 53.1 Å². The van der Waals surface area contributed by atoms with Gasteiger partial charge in [0.1, 0.15) is 12.4 Å². The van der Waals surface area contributed by atoms with Gasteiger partial charge in [0.15, 0.2) is 0 Å². The molecule has 1 aliphatic carbocycles. The van der Waals surface area contributed by atoms with Gasteiger partial charge in [0, 0.05) is 41.7 Å². The number of unbranched alkanes of at least 4 members (excludes halogenated alkanes) is 1. The van der Waals surface area contributed by atoms with E-state index in [1.54, 1.807) is 30.6 Å². The normalized spacial score (nSPS) is 13.5. The van der Waals surface area contributed by atoms with Gasteiger partial charge in [-0.05, 0) is 73.5 Å². The molecule has 2 N–H and O–H groups in total. The van der Waals surface area contributed by atoms with Crippen LogP contribution in [0.15, 0.2) is 54.9 Å². The van der Waals surface area contributed by atoms with Gasteiger partial charge >= 0.3 is 12.3 Å². The van der Waals surface area contributed by atoms with Crippen molar-refractivity contribution in [1.82, 2.24) is 15.3 Å². The Morgan fingerprint density at radius 2 is 1.85 bits per heavy atom. The van der Waals surface area contributed by atoms with Crippen LogP contribution in [-0.4, -0.2) is 53.8 Å². The molecule has 1 fully saturated rings. The molecule has 216 valence electrons. The van der Waals surface area contributed by atoms with E-state index in [2.05, 4.69) is 20.0 Å². The fraction of sp³-hybridized carbons (Fsp3) is 0.367. The molecule has 0 radical (unpaired) electrons. The second-order valence-corrected chi connectivity index (χ2v) is 9.91. The smallest absolute Gasteiger partial charge is 0.478 e. The molecule has 0 saturated heterocycles. The zero-order valence-corrected chi connectivity index (χ0v) is 22.2. The van der Waals surface area contributed by atoms with E-state index in [1.165, 1.54) is 12.1 Å². The van der Waals surface area contributed by atoms with Crippen molar-refractivity contribution >= 4 is 27.6 Å². The lowest BCUT2D eigenvalue weighted by molar-refractivity contribution is -0.274. The number of aromatic nitrogens is 2. The number of carboxylic acid groups (broad SMARTS) is 1. The maximum Gasteiger partial charge on any atom is 0.573 e. The molecule has 2 aromatic heterocycles. The van der Waals surface area contributed by atoms with E-state index in [4.69, 9.17) is 9.47 Å². The number of benzene rings is 2. The van der Waals surface area contributed by atoms with Crippen molar-refractivity contribution in [3.05, 3.63) is 71.5 Å². The second-order valence-electron chi connectivity index (χ2n) is 9.91. The first-order valence-corrected chi connectivity index (χ1v) is 13.5. The van der Waals surface area contributed by atoms with Crippen molar-refractivity contribution in [1.29, 1.82) is 0 Å². The number of ether oxygens (including phenoxy) is 3. The average molecular weight is 570 g/mol. The molecule has 8 nitrogen and oxygen atoms in total. The number of halogens is 3. The van der Waals surface area contributed by atoms with Crippen LogP contribution in [0, 0.1) is 0 Å². The molecule has 11 heteroatoms. The molecule has 0 spiro atoms. The number of alkyl halides is 3. The molecule has 0 amide bonds. The van der Waals surface area contributed by atoms with Crippen LogP contribution in [0.2, 0.25) is 0 Å². The molecule has 1 saturated carbocycles. The molecular weight excluding hydrogens is 539 g/mol. The topological polar surface area (TPSA) is 103 Å². The number of hydrogen-bond donors (Lipinski definition) is 2. The Bertz CT molecular complexity index is 1530. The van der Waals surface area contributed by atoms with Crippen molar-refractivity contribution in [2.45, 2.75) is 44.5 Å². The first kappa shape index (κ1) is 28.6. The lowest BCUT2D eigenvalue weighted by Crippen LogP contribution is -2.19. The Morgan fingerprint density at radius 1 is 1.00 bits per heavy atom. The minimum atomic E-state index is -4.69. The highest BCUT2D eigenvalue weighted by Gasteiger charge is 2.35. The zero-order chi connectivity index (χ0) is 28.8. The van der Waals surface area contributed by atoms with Crippen molar-refractivity contribution in [2.24, 2.45) is 0 Å². The van der Waals surface area contributed by atoms with Gasteiger partial charge in [0.2, 0.25) is 5.88 Å². The summed E-state index contributed by atoms with van der Waals surface area (Å²) < 4.78 is 53.8. The third kappa shape index (κ3) is 7.62. The maximum absolute atomic E-state index is 12.7. The van der Waals surface area contributed by atoms with Gasteiger partial charge < -0.3 is 24.6 Å². The number of nitrogens with one attached hydrogen (secondary N) is 1. The first-order valence-electron chi connectivity index (χ1n) is 13.5. The van der Waals surface area contributed by atoms with Crippen LogP contribution in [0.5, 0.6) is 11.6 Å². The Balaban J connectivity index is 1.03. The predicted molar refractivity (Wildman–Crippen MR) is 146 cm³/mol. The summed E-state index contributed by atoms with van der Waals surface area (Å²) in [6.07, 6.45) is 2.15. The average Bonchev–Trinajstić information content (AvgIpc) is 3.79. The highest BCUT2D eigenvalue weighted by Crippen LogP contribution is 2.45. The van der Waals surface area contributed by atoms with Gasteiger partial charge in [-0.3, -0.25) is 4.98 Å². The molecule has 2 heterocycles. The molecule has 0 bridgehead atoms. The van der Waals surface area contributed by atoms with E-state index in [-0.39, 0.29) is 23.8 Å². The fourth-order valence-corrected chi connectivity index (χ4v) is 4.69. The van der Waals surface area contributed by atoms with Crippen LogP contribution < -0.4 is 14.8 Å². The minimum absolute atomic E-state index is 0.0983. The summed E-state index contributed by atoms with van der Waals surface area (Å²) in [4.78, 5) is 20.1. The Hall–Kier alpha value is -3.96. The SMILES string of the molecule is O=C(O)c1ccc2c(c1)nc(OCCOCCCCNCc1ccc(OC(F)(F)F)c(C3CC3)c1)c1ccncc12. The summed E-state index contributed by atoms with van der Waals surface area (Å²) in [7, 11) is 0. The Morgan fingerprint density at radius 3 is 2.63 bits per heavy atom. The van der Waals surface area contributed by atoms with E-state index in [0.29, 0.717) is 36.7 Å². The summed E-state index contributed by atoms with van der Waals surface area (Å²) in [6, 6.07) is 11.5. The molecule has 0 unspecified atom stereocenters. The highest BCUT2D eigenvalue weighted by molar-refractivity contribution is 6.08. The molecule has 2 aromatic carbocycles. The van der Waals surface area contributed by atoms with Gasteiger partial charge in [-0.2, -0.15) is 0 Å². The fourth-order valence-electron chi connectivity index (χ4n) is 4.69. The van der Waals surface area contributed by atoms with Crippen LogP contribution >= 0.6 is 0 Å². The van der Waals surface area contributed by atoms with Gasteiger partial charge in [0.25, 0.3) is 0 Å². The molecule has 0 aliphatic heterocycles. The summed E-state index contributed by atoms with van der Waals surface area (Å²) in [5, 5.41) is 15.1. The Kier molecular flexibility index (Phi) is 8.84. The Labute approximate surface area is 234 Å². The first-order chi connectivity index (χ1) is 19.8. The van der Waals surface area contributed by atoms with Crippen molar-refractivity contribution in [2.75, 3.05) is 26.4 Å². The van der Waals surface area contributed by atoms with E-state index < -0.39 is 12.3 Å². The molecular formula is C30H30F3N3O5. The number of carboxylic acids is 1. The maximum atomic E-state index is 12.7. The monoisotopic (exact) mass is 569 g/mol. The number of fused-ring (bicyclic) bond motifs is 3. The number of pyridine rings is 2. The van der Waals surface area contributed by atoms with E-state index in [0.717, 1.165) is 54.0 Å². The van der Waals surface area contributed by atoms with Crippen molar-refractivity contribution in [3.8, 4) is 11.6 Å². The largest absolute Gasteiger partial charge is 0.573 e. The van der Waals surface area contributed by atoms with Crippen LogP contribution in [0.3, 0.4) is 0 Å². The summed E-state index contributed by atoms with van der Waals surface area (Å²) in [5.41, 5.74) is 2.22. The summed E-state index contributed by atoms with van der Waals surface area (Å²) >= 11 is 0. The minimum Gasteiger partial charge on any atom is -0.478 e. The zero-order valence-electron chi connectivity index (χ0n) is 22.2. The van der Waals surface area contributed by atoms with Gasteiger partial charge in [-0.25, -0.2) is 9.78 Å². The molecule has 0 atom stereocenters. The molecule has 5 rings (SSSR count). The standard InChI is InChI=1S/C30H30F3N3O5/c31-30(32,33)41-27-8-3-19(15-24(27)20-4-5-20)17-34-10-1-2-12-39-13-14-40-28-23-9-11-35-18-25(23)22-7-6-21(29(37)38)16-26(22)36-28/h3,6-9,11,15-16,18,20,34H,1-2,4-5,10,12-14,17H2,(H,37,38). The van der Waals surface area contributed by atoms with Crippen molar-refractivity contribution in [3.63, 3.8) is 0 Å². The lowest BCUT2D eigenvalue weighted by Gasteiger charge is -2.14. The predicted octanol–water partition coefficient (Wildman–Crippen LogP) is 6.22. The number of aromatic carboxylic acids is 1. The molecule has 1 aliphatic rings. The number of carbonyl (C=O) groups is 1. The lowest BCUT2D eigenvalue weighted by atomic mass is 10.1. The summed E-state index contributed by atoms with van der Waals surface area (Å²) in [6.45, 7) is 2.52. The van der Waals surface area contributed by atoms with Gasteiger partial charge in [-0.1, -0.05) is 18.2 Å². The number of hydrogen-bond acceptors (Lipinski definition) is 7. The van der Waals surface area contributed by atoms with E-state index >= 15 is 0 Å². The van der Waals surface area contributed by atoms with E-state index in [9.17, 15) is 23.1 Å². The molecule has 4 aromatic rings. The van der Waals surface area contributed by atoms with Crippen LogP contribution in [0.4, 0.5) is 13.2 Å². The van der Waals surface area contributed by atoms with Crippen LogP contribution in [-0.2, 0) is 11.3 Å². The second kappa shape index (κ2) is 12.7.